The smallest absolute Gasteiger partial charge is 0.0409 e. The molecule has 1 aromatic heterocycles. The number of piperidine rings is 1. The lowest BCUT2D eigenvalue weighted by atomic mass is 9.86. The van der Waals surface area contributed by atoms with Gasteiger partial charge in [0.15, 0.2) is 0 Å². The van der Waals surface area contributed by atoms with E-state index < -0.39 is 0 Å². The Balaban J connectivity index is 2.01. The van der Waals surface area contributed by atoms with Gasteiger partial charge in [-0.15, -0.1) is 0 Å². The summed E-state index contributed by atoms with van der Waals surface area (Å²) in [6, 6.07) is 4.45. The normalized spacial score (nSPS) is 19.1. The van der Waals surface area contributed by atoms with Crippen molar-refractivity contribution >= 4 is 0 Å². The monoisotopic (exact) mass is 246 g/mol. The molecule has 2 heterocycles. The third-order valence-corrected chi connectivity index (χ3v) is 4.02. The zero-order valence-corrected chi connectivity index (χ0v) is 12.2. The first-order valence-corrected chi connectivity index (χ1v) is 7.09. The minimum absolute atomic E-state index is 0.227. The van der Waals surface area contributed by atoms with E-state index in [2.05, 4.69) is 49.8 Å². The number of pyridine rings is 1. The van der Waals surface area contributed by atoms with Gasteiger partial charge in [0.05, 0.1) is 0 Å². The van der Waals surface area contributed by atoms with E-state index in [-0.39, 0.29) is 5.41 Å². The standard InChI is InChI=1S/C16H26N2/c1-16(2,3)14-5-8-17-15(12-14)11-13-6-9-18(4)10-7-13/h5,8,12-13H,6-7,9-11H2,1-4H3. The highest BCUT2D eigenvalue weighted by molar-refractivity contribution is 5.23. The predicted octanol–water partition coefficient (Wildman–Crippen LogP) is 3.26. The number of aromatic nitrogens is 1. The number of hydrogen-bond acceptors (Lipinski definition) is 2. The molecule has 0 saturated carbocycles. The van der Waals surface area contributed by atoms with E-state index in [4.69, 9.17) is 0 Å². The van der Waals surface area contributed by atoms with Gasteiger partial charge in [-0.1, -0.05) is 20.8 Å². The van der Waals surface area contributed by atoms with Crippen molar-refractivity contribution in [3.05, 3.63) is 29.6 Å². The van der Waals surface area contributed by atoms with Crippen molar-refractivity contribution in [2.75, 3.05) is 20.1 Å². The summed E-state index contributed by atoms with van der Waals surface area (Å²) in [5.74, 6) is 0.823. The Morgan fingerprint density at radius 1 is 1.28 bits per heavy atom. The molecule has 0 radical (unpaired) electrons. The van der Waals surface area contributed by atoms with Crippen LogP contribution in [0.3, 0.4) is 0 Å². The molecule has 2 nitrogen and oxygen atoms in total. The summed E-state index contributed by atoms with van der Waals surface area (Å²) in [6.07, 6.45) is 5.76. The highest BCUT2D eigenvalue weighted by Gasteiger charge is 2.19. The van der Waals surface area contributed by atoms with Gasteiger partial charge in [0.25, 0.3) is 0 Å². The first-order chi connectivity index (χ1) is 8.45. The Bertz CT molecular complexity index is 384. The molecule has 0 unspecified atom stereocenters. The van der Waals surface area contributed by atoms with Crippen LogP contribution in [0.15, 0.2) is 18.3 Å². The third kappa shape index (κ3) is 3.55. The van der Waals surface area contributed by atoms with Crippen LogP contribution in [0.1, 0.15) is 44.9 Å². The Kier molecular flexibility index (Phi) is 4.06. The van der Waals surface area contributed by atoms with E-state index in [9.17, 15) is 0 Å². The fourth-order valence-corrected chi connectivity index (χ4v) is 2.62. The molecule has 0 bridgehead atoms. The molecule has 0 amide bonds. The molecule has 100 valence electrons. The molecule has 0 N–H and O–H groups in total. The van der Waals surface area contributed by atoms with Crippen molar-refractivity contribution in [2.45, 2.75) is 45.4 Å². The lowest BCUT2D eigenvalue weighted by Gasteiger charge is -2.29. The minimum atomic E-state index is 0.227. The maximum Gasteiger partial charge on any atom is 0.0409 e. The molecule has 0 atom stereocenters. The van der Waals surface area contributed by atoms with Crippen LogP contribution in [-0.2, 0) is 11.8 Å². The molecule has 1 aromatic rings. The first-order valence-electron chi connectivity index (χ1n) is 7.09. The topological polar surface area (TPSA) is 16.1 Å². The molecular formula is C16H26N2. The lowest BCUT2D eigenvalue weighted by Crippen LogP contribution is -2.31. The van der Waals surface area contributed by atoms with Crippen LogP contribution >= 0.6 is 0 Å². The molecule has 2 heteroatoms. The molecule has 0 aliphatic carbocycles. The van der Waals surface area contributed by atoms with Gasteiger partial charge in [0.2, 0.25) is 0 Å². The van der Waals surface area contributed by atoms with Gasteiger partial charge >= 0.3 is 0 Å². The van der Waals surface area contributed by atoms with Gasteiger partial charge in [-0.2, -0.15) is 0 Å². The predicted molar refractivity (Wildman–Crippen MR) is 76.9 cm³/mol. The highest BCUT2D eigenvalue weighted by Crippen LogP contribution is 2.24. The Morgan fingerprint density at radius 3 is 2.56 bits per heavy atom. The van der Waals surface area contributed by atoms with Crippen LogP contribution in [0.25, 0.3) is 0 Å². The van der Waals surface area contributed by atoms with Crippen molar-refractivity contribution in [3.63, 3.8) is 0 Å². The summed E-state index contributed by atoms with van der Waals surface area (Å²) in [6.45, 7) is 9.28. The highest BCUT2D eigenvalue weighted by atomic mass is 15.1. The summed E-state index contributed by atoms with van der Waals surface area (Å²) in [5, 5.41) is 0. The molecule has 2 rings (SSSR count). The van der Waals surface area contributed by atoms with E-state index in [1.54, 1.807) is 0 Å². The molecular weight excluding hydrogens is 220 g/mol. The lowest BCUT2D eigenvalue weighted by molar-refractivity contribution is 0.218. The Labute approximate surface area is 111 Å². The second-order valence-corrected chi connectivity index (χ2v) is 6.74. The largest absolute Gasteiger partial charge is 0.306 e. The molecule has 0 aromatic carbocycles. The van der Waals surface area contributed by atoms with Gasteiger partial charge in [-0.25, -0.2) is 0 Å². The van der Waals surface area contributed by atoms with E-state index in [1.165, 1.54) is 37.2 Å². The Morgan fingerprint density at radius 2 is 1.94 bits per heavy atom. The minimum Gasteiger partial charge on any atom is -0.306 e. The van der Waals surface area contributed by atoms with E-state index in [1.807, 2.05) is 6.20 Å². The van der Waals surface area contributed by atoms with Crippen molar-refractivity contribution < 1.29 is 0 Å². The zero-order valence-electron chi connectivity index (χ0n) is 12.2. The van der Waals surface area contributed by atoms with Crippen LogP contribution in [0.4, 0.5) is 0 Å². The van der Waals surface area contributed by atoms with Crippen LogP contribution < -0.4 is 0 Å². The summed E-state index contributed by atoms with van der Waals surface area (Å²) in [5.41, 5.74) is 2.90. The summed E-state index contributed by atoms with van der Waals surface area (Å²) >= 11 is 0. The van der Waals surface area contributed by atoms with Crippen LogP contribution in [0.5, 0.6) is 0 Å². The third-order valence-electron chi connectivity index (χ3n) is 4.02. The van der Waals surface area contributed by atoms with E-state index in [0.717, 1.165) is 12.3 Å². The summed E-state index contributed by atoms with van der Waals surface area (Å²) < 4.78 is 0. The SMILES string of the molecule is CN1CCC(Cc2cc(C(C)(C)C)ccn2)CC1. The summed E-state index contributed by atoms with van der Waals surface area (Å²) in [7, 11) is 2.22. The fraction of sp³-hybridized carbons (Fsp3) is 0.688. The van der Waals surface area contributed by atoms with Crippen molar-refractivity contribution in [2.24, 2.45) is 5.92 Å². The van der Waals surface area contributed by atoms with Gasteiger partial charge < -0.3 is 4.90 Å². The molecule has 1 aliphatic rings. The maximum atomic E-state index is 4.55. The van der Waals surface area contributed by atoms with Crippen molar-refractivity contribution in [1.29, 1.82) is 0 Å². The van der Waals surface area contributed by atoms with Gasteiger partial charge in [0, 0.05) is 11.9 Å². The molecule has 1 aliphatic heterocycles. The first kappa shape index (κ1) is 13.5. The molecule has 1 saturated heterocycles. The molecule has 0 spiro atoms. The number of hydrogen-bond donors (Lipinski definition) is 0. The maximum absolute atomic E-state index is 4.55. The summed E-state index contributed by atoms with van der Waals surface area (Å²) in [4.78, 5) is 6.98. The van der Waals surface area contributed by atoms with Crippen LogP contribution in [0.2, 0.25) is 0 Å². The average Bonchev–Trinajstić information content (AvgIpc) is 2.31. The quantitative estimate of drug-likeness (QED) is 0.796. The number of rotatable bonds is 2. The van der Waals surface area contributed by atoms with Gasteiger partial charge in [0.1, 0.15) is 0 Å². The van der Waals surface area contributed by atoms with E-state index in [0.29, 0.717) is 0 Å². The van der Waals surface area contributed by atoms with Crippen LogP contribution in [0, 0.1) is 5.92 Å². The second-order valence-electron chi connectivity index (χ2n) is 6.74. The van der Waals surface area contributed by atoms with Gasteiger partial charge in [-0.05, 0) is 68.4 Å². The van der Waals surface area contributed by atoms with Gasteiger partial charge in [-0.3, -0.25) is 4.98 Å². The zero-order chi connectivity index (χ0) is 13.2. The van der Waals surface area contributed by atoms with E-state index >= 15 is 0 Å². The molecule has 1 fully saturated rings. The number of likely N-dealkylation sites (tertiary alicyclic amines) is 1. The second kappa shape index (κ2) is 5.40. The average molecular weight is 246 g/mol. The van der Waals surface area contributed by atoms with Crippen molar-refractivity contribution in [1.82, 2.24) is 9.88 Å². The molecule has 18 heavy (non-hydrogen) atoms. The number of nitrogens with zero attached hydrogens (tertiary/aromatic N) is 2. The fourth-order valence-electron chi connectivity index (χ4n) is 2.62. The van der Waals surface area contributed by atoms with Crippen LogP contribution in [-0.4, -0.2) is 30.0 Å². The Hall–Kier alpha value is -0.890. The van der Waals surface area contributed by atoms with Crippen molar-refractivity contribution in [3.8, 4) is 0 Å².